The van der Waals surface area contributed by atoms with E-state index < -0.39 is 35.7 Å². The van der Waals surface area contributed by atoms with E-state index in [1.807, 2.05) is 6.07 Å². The van der Waals surface area contributed by atoms with E-state index in [2.05, 4.69) is 5.32 Å². The SMILES string of the molecule is CCOC(=O)CC1=C(C(=O)OCC)[C@]2(C(=O)O1)C(C(=O)OCc1ccccc1)=C(N)Nc1ccccc12. The smallest absolute Gasteiger partial charge is 0.339 e. The number of para-hydroxylation sites is 1. The average Bonchev–Trinajstić information content (AvgIpc) is 3.15. The molecular formula is C27H26N2O8. The summed E-state index contributed by atoms with van der Waals surface area (Å²) in [6.45, 7) is 3.14. The van der Waals surface area contributed by atoms with Gasteiger partial charge in [-0.2, -0.15) is 0 Å². The van der Waals surface area contributed by atoms with Crippen molar-refractivity contribution in [2.75, 3.05) is 18.5 Å². The number of hydrogen-bond donors (Lipinski definition) is 2. The van der Waals surface area contributed by atoms with Gasteiger partial charge in [-0.15, -0.1) is 0 Å². The highest BCUT2D eigenvalue weighted by Gasteiger charge is 2.63. The minimum atomic E-state index is -2.13. The zero-order chi connectivity index (χ0) is 26.6. The predicted molar refractivity (Wildman–Crippen MR) is 130 cm³/mol. The molecule has 2 aliphatic heterocycles. The number of benzene rings is 2. The molecule has 1 spiro atoms. The molecule has 0 bridgehead atoms. The Balaban J connectivity index is 1.90. The first-order valence-electron chi connectivity index (χ1n) is 11.7. The van der Waals surface area contributed by atoms with E-state index in [-0.39, 0.29) is 48.1 Å². The largest absolute Gasteiger partial charge is 0.466 e. The molecule has 0 unspecified atom stereocenters. The molecule has 4 rings (SSSR count). The third-order valence-corrected chi connectivity index (χ3v) is 5.93. The zero-order valence-electron chi connectivity index (χ0n) is 20.4. The summed E-state index contributed by atoms with van der Waals surface area (Å²) in [7, 11) is 0. The second-order valence-corrected chi connectivity index (χ2v) is 8.16. The molecule has 2 aromatic carbocycles. The number of ether oxygens (including phenoxy) is 4. The number of hydrogen-bond acceptors (Lipinski definition) is 10. The quantitative estimate of drug-likeness (QED) is 0.405. The van der Waals surface area contributed by atoms with E-state index in [0.717, 1.165) is 0 Å². The summed E-state index contributed by atoms with van der Waals surface area (Å²) in [6, 6.07) is 15.4. The van der Waals surface area contributed by atoms with E-state index in [4.69, 9.17) is 24.7 Å². The fourth-order valence-corrected chi connectivity index (χ4v) is 4.48. The van der Waals surface area contributed by atoms with Gasteiger partial charge in [0.2, 0.25) is 0 Å². The van der Waals surface area contributed by atoms with Gasteiger partial charge in [0.25, 0.3) is 0 Å². The second kappa shape index (κ2) is 10.6. The fraction of sp³-hybridized carbons (Fsp3) is 0.259. The number of nitrogens with one attached hydrogen (secondary N) is 1. The number of rotatable bonds is 8. The minimum Gasteiger partial charge on any atom is -0.466 e. The molecule has 0 aliphatic carbocycles. The Morgan fingerprint density at radius 1 is 0.892 bits per heavy atom. The van der Waals surface area contributed by atoms with Crippen LogP contribution in [-0.4, -0.2) is 37.1 Å². The third-order valence-electron chi connectivity index (χ3n) is 5.93. The van der Waals surface area contributed by atoms with Gasteiger partial charge in [-0.05, 0) is 25.5 Å². The minimum absolute atomic E-state index is 0.0355. The molecule has 10 nitrogen and oxygen atoms in total. The summed E-state index contributed by atoms with van der Waals surface area (Å²) in [6.07, 6.45) is -0.530. The van der Waals surface area contributed by atoms with E-state index in [0.29, 0.717) is 11.3 Å². The Morgan fingerprint density at radius 2 is 1.54 bits per heavy atom. The molecule has 0 saturated heterocycles. The van der Waals surface area contributed by atoms with Crippen molar-refractivity contribution >= 4 is 29.6 Å². The van der Waals surface area contributed by atoms with Crippen molar-refractivity contribution in [2.24, 2.45) is 5.73 Å². The van der Waals surface area contributed by atoms with Crippen molar-refractivity contribution in [1.82, 2.24) is 0 Å². The molecule has 2 aliphatic rings. The second-order valence-electron chi connectivity index (χ2n) is 8.16. The van der Waals surface area contributed by atoms with Gasteiger partial charge in [-0.3, -0.25) is 4.79 Å². The van der Waals surface area contributed by atoms with Crippen LogP contribution in [0.15, 0.2) is 77.3 Å². The lowest BCUT2D eigenvalue weighted by atomic mass is 9.66. The van der Waals surface area contributed by atoms with Gasteiger partial charge in [-0.1, -0.05) is 48.5 Å². The van der Waals surface area contributed by atoms with E-state index in [1.165, 1.54) is 0 Å². The van der Waals surface area contributed by atoms with Gasteiger partial charge in [0.05, 0.1) is 13.2 Å². The maximum absolute atomic E-state index is 13.8. The van der Waals surface area contributed by atoms with E-state index >= 15 is 0 Å². The molecule has 0 aromatic heterocycles. The molecule has 192 valence electrons. The Morgan fingerprint density at radius 3 is 2.24 bits per heavy atom. The molecule has 37 heavy (non-hydrogen) atoms. The highest BCUT2D eigenvalue weighted by molar-refractivity contribution is 6.16. The summed E-state index contributed by atoms with van der Waals surface area (Å²) in [5.74, 6) is -4.08. The van der Waals surface area contributed by atoms with Crippen molar-refractivity contribution in [2.45, 2.75) is 32.3 Å². The first kappa shape index (κ1) is 25.5. The summed E-state index contributed by atoms with van der Waals surface area (Å²) < 4.78 is 21.3. The zero-order valence-corrected chi connectivity index (χ0v) is 20.4. The third kappa shape index (κ3) is 4.53. The average molecular weight is 507 g/mol. The van der Waals surface area contributed by atoms with Gasteiger partial charge in [0, 0.05) is 11.3 Å². The maximum Gasteiger partial charge on any atom is 0.339 e. The summed E-state index contributed by atoms with van der Waals surface area (Å²) in [5.41, 5.74) is 4.81. The van der Waals surface area contributed by atoms with Crippen LogP contribution in [0.4, 0.5) is 5.69 Å². The Kier molecular flexibility index (Phi) is 7.28. The van der Waals surface area contributed by atoms with Crippen LogP contribution in [0.1, 0.15) is 31.4 Å². The normalized spacial score (nSPS) is 18.2. The van der Waals surface area contributed by atoms with Crippen molar-refractivity contribution in [1.29, 1.82) is 0 Å². The number of carbonyl (C=O) groups is 4. The van der Waals surface area contributed by atoms with Gasteiger partial charge >= 0.3 is 23.9 Å². The first-order valence-corrected chi connectivity index (χ1v) is 11.7. The lowest BCUT2D eigenvalue weighted by Crippen LogP contribution is -2.47. The van der Waals surface area contributed by atoms with Crippen molar-refractivity contribution < 1.29 is 38.1 Å². The van der Waals surface area contributed by atoms with Crippen molar-refractivity contribution in [3.63, 3.8) is 0 Å². The highest BCUT2D eigenvalue weighted by atomic mass is 16.6. The molecule has 10 heteroatoms. The predicted octanol–water partition coefficient (Wildman–Crippen LogP) is 2.59. The number of nitrogens with two attached hydrogens (primary N) is 1. The Hall–Kier alpha value is -4.60. The topological polar surface area (TPSA) is 143 Å². The Bertz CT molecular complexity index is 1310. The molecular weight excluding hydrogens is 480 g/mol. The summed E-state index contributed by atoms with van der Waals surface area (Å²) in [5, 5.41) is 2.91. The van der Waals surface area contributed by atoms with Crippen LogP contribution in [0, 0.1) is 0 Å². The van der Waals surface area contributed by atoms with Crippen LogP contribution in [0.2, 0.25) is 0 Å². The van der Waals surface area contributed by atoms with E-state index in [1.54, 1.807) is 62.4 Å². The van der Waals surface area contributed by atoms with Crippen molar-refractivity contribution in [3.05, 3.63) is 88.5 Å². The summed E-state index contributed by atoms with van der Waals surface area (Å²) >= 11 is 0. The molecule has 2 aromatic rings. The number of esters is 4. The van der Waals surface area contributed by atoms with Crippen LogP contribution in [0.5, 0.6) is 0 Å². The number of anilines is 1. The van der Waals surface area contributed by atoms with E-state index in [9.17, 15) is 19.2 Å². The van der Waals surface area contributed by atoms with Crippen LogP contribution < -0.4 is 11.1 Å². The van der Waals surface area contributed by atoms with Crippen LogP contribution in [0.25, 0.3) is 0 Å². The van der Waals surface area contributed by atoms with Gasteiger partial charge in [0.15, 0.2) is 5.41 Å². The first-order chi connectivity index (χ1) is 17.8. The van der Waals surface area contributed by atoms with Crippen LogP contribution in [-0.2, 0) is 50.1 Å². The molecule has 1 atom stereocenters. The van der Waals surface area contributed by atoms with Gasteiger partial charge in [0.1, 0.15) is 35.8 Å². The Labute approximate surface area is 213 Å². The summed E-state index contributed by atoms with van der Waals surface area (Å²) in [4.78, 5) is 53.1. The highest BCUT2D eigenvalue weighted by Crippen LogP contribution is 2.53. The lowest BCUT2D eigenvalue weighted by molar-refractivity contribution is -0.149. The van der Waals surface area contributed by atoms with Gasteiger partial charge < -0.3 is 30.0 Å². The molecule has 2 heterocycles. The maximum atomic E-state index is 13.8. The number of carbonyl (C=O) groups excluding carboxylic acids is 4. The fourth-order valence-electron chi connectivity index (χ4n) is 4.48. The number of cyclic esters (lactones) is 1. The van der Waals surface area contributed by atoms with Crippen LogP contribution in [0.3, 0.4) is 0 Å². The lowest BCUT2D eigenvalue weighted by Gasteiger charge is -2.35. The molecule has 0 fully saturated rings. The molecule has 0 saturated carbocycles. The van der Waals surface area contributed by atoms with Gasteiger partial charge in [-0.25, -0.2) is 14.4 Å². The monoisotopic (exact) mass is 506 g/mol. The number of fused-ring (bicyclic) bond motifs is 2. The van der Waals surface area contributed by atoms with Crippen molar-refractivity contribution in [3.8, 4) is 0 Å². The molecule has 0 radical (unpaired) electrons. The van der Waals surface area contributed by atoms with Crippen LogP contribution >= 0.6 is 0 Å². The molecule has 0 amide bonds. The molecule has 3 N–H and O–H groups in total. The standard InChI is InChI=1S/C27H26N2O8/c1-3-34-20(30)14-19-21(24(31)35-4-2)27(26(33)37-19)17-12-8-9-13-18(17)29-23(28)22(27)25(32)36-15-16-10-6-5-7-11-16/h5-13,29H,3-4,14-15,28H2,1-2H3/t27-/m0/s1.